The highest BCUT2D eigenvalue weighted by Gasteiger charge is 2.48. The summed E-state index contributed by atoms with van der Waals surface area (Å²) in [6, 6.07) is 0.514. The molecule has 1 N–H and O–H groups in total. The van der Waals surface area contributed by atoms with Crippen molar-refractivity contribution in [1.82, 2.24) is 5.32 Å². The van der Waals surface area contributed by atoms with Crippen LogP contribution in [0.15, 0.2) is 0 Å². The second kappa shape index (κ2) is 4.10. The third-order valence-corrected chi connectivity index (χ3v) is 3.44. The van der Waals surface area contributed by atoms with Crippen LogP contribution in [0.2, 0.25) is 0 Å². The normalized spacial score (nSPS) is 35.5. The van der Waals surface area contributed by atoms with Gasteiger partial charge in [0.1, 0.15) is 5.54 Å². The summed E-state index contributed by atoms with van der Waals surface area (Å²) in [5.41, 5.74) is -0.476. The molecule has 0 aliphatic heterocycles. The minimum Gasteiger partial charge on any atom is -0.468 e. The van der Waals surface area contributed by atoms with Gasteiger partial charge in [0.15, 0.2) is 0 Å². The van der Waals surface area contributed by atoms with Crippen LogP contribution in [0.3, 0.4) is 0 Å². The number of methoxy groups -OCH3 is 2. The molecule has 2 rings (SSSR count). The molecule has 0 radical (unpaired) electrons. The molecule has 2 saturated carbocycles. The molecule has 0 saturated heterocycles. The van der Waals surface area contributed by atoms with Gasteiger partial charge in [0.2, 0.25) is 0 Å². The van der Waals surface area contributed by atoms with E-state index in [-0.39, 0.29) is 12.1 Å². The first-order chi connectivity index (χ1) is 7.20. The maximum absolute atomic E-state index is 11.8. The van der Waals surface area contributed by atoms with Crippen molar-refractivity contribution < 1.29 is 14.3 Å². The van der Waals surface area contributed by atoms with Gasteiger partial charge in [-0.3, -0.25) is 10.1 Å². The van der Waals surface area contributed by atoms with Crippen LogP contribution in [0.5, 0.6) is 0 Å². The molecule has 4 nitrogen and oxygen atoms in total. The van der Waals surface area contributed by atoms with Crippen molar-refractivity contribution in [3.63, 3.8) is 0 Å². The fourth-order valence-electron chi connectivity index (χ4n) is 2.39. The average molecular weight is 213 g/mol. The number of ether oxygens (including phenoxy) is 2. The van der Waals surface area contributed by atoms with Crippen LogP contribution < -0.4 is 5.32 Å². The molecule has 0 bridgehead atoms. The van der Waals surface area contributed by atoms with E-state index in [9.17, 15) is 4.79 Å². The van der Waals surface area contributed by atoms with Gasteiger partial charge in [-0.2, -0.15) is 0 Å². The first-order valence-corrected chi connectivity index (χ1v) is 5.59. The number of esters is 1. The predicted molar refractivity (Wildman–Crippen MR) is 55.6 cm³/mol. The van der Waals surface area contributed by atoms with E-state index in [2.05, 4.69) is 5.32 Å². The summed E-state index contributed by atoms with van der Waals surface area (Å²) in [6.07, 6.45) is 5.05. The first kappa shape index (κ1) is 10.9. The standard InChI is InChI=1S/C11H19NO3/c1-14-9-5-6-11(7-9,10(13)15-2)12-8-3-4-8/h8-9,12H,3-7H2,1-2H3. The summed E-state index contributed by atoms with van der Waals surface area (Å²) in [5, 5.41) is 3.43. The fourth-order valence-corrected chi connectivity index (χ4v) is 2.39. The van der Waals surface area contributed by atoms with Crippen molar-refractivity contribution in [2.24, 2.45) is 0 Å². The summed E-state index contributed by atoms with van der Waals surface area (Å²) < 4.78 is 10.2. The summed E-state index contributed by atoms with van der Waals surface area (Å²) in [7, 11) is 3.16. The molecule has 2 unspecified atom stereocenters. The number of hydrogen-bond acceptors (Lipinski definition) is 4. The van der Waals surface area contributed by atoms with E-state index in [0.29, 0.717) is 6.04 Å². The van der Waals surface area contributed by atoms with Crippen molar-refractivity contribution in [3.8, 4) is 0 Å². The zero-order valence-corrected chi connectivity index (χ0v) is 9.41. The smallest absolute Gasteiger partial charge is 0.326 e. The molecule has 0 aromatic rings. The average Bonchev–Trinajstić information content (AvgIpc) is 2.95. The quantitative estimate of drug-likeness (QED) is 0.703. The largest absolute Gasteiger partial charge is 0.468 e. The molecular weight excluding hydrogens is 194 g/mol. The highest BCUT2D eigenvalue weighted by atomic mass is 16.5. The molecule has 86 valence electrons. The Hall–Kier alpha value is -0.610. The number of carbonyl (C=O) groups excluding carboxylic acids is 1. The highest BCUT2D eigenvalue weighted by molar-refractivity contribution is 5.81. The van der Waals surface area contributed by atoms with E-state index in [4.69, 9.17) is 9.47 Å². The van der Waals surface area contributed by atoms with Gasteiger partial charge in [-0.25, -0.2) is 0 Å². The number of hydrogen-bond donors (Lipinski definition) is 1. The van der Waals surface area contributed by atoms with E-state index in [1.165, 1.54) is 20.0 Å². The second-order valence-corrected chi connectivity index (χ2v) is 4.59. The van der Waals surface area contributed by atoms with Crippen LogP contribution in [-0.4, -0.2) is 37.9 Å². The Bertz CT molecular complexity index is 252. The Labute approximate surface area is 90.3 Å². The molecule has 0 aromatic heterocycles. The number of carbonyl (C=O) groups is 1. The monoisotopic (exact) mass is 213 g/mol. The van der Waals surface area contributed by atoms with Crippen LogP contribution >= 0.6 is 0 Å². The molecule has 0 amide bonds. The Morgan fingerprint density at radius 3 is 2.53 bits per heavy atom. The molecule has 0 spiro atoms. The van der Waals surface area contributed by atoms with Gasteiger partial charge in [-0.05, 0) is 25.7 Å². The third kappa shape index (κ3) is 2.16. The Morgan fingerprint density at radius 2 is 2.07 bits per heavy atom. The van der Waals surface area contributed by atoms with Crippen LogP contribution in [0.25, 0.3) is 0 Å². The third-order valence-electron chi connectivity index (χ3n) is 3.44. The minimum atomic E-state index is -0.476. The van der Waals surface area contributed by atoms with E-state index in [1.54, 1.807) is 7.11 Å². The number of nitrogens with one attached hydrogen (secondary N) is 1. The molecule has 2 aliphatic carbocycles. The fraction of sp³-hybridized carbons (Fsp3) is 0.909. The molecule has 2 atom stereocenters. The molecule has 2 fully saturated rings. The first-order valence-electron chi connectivity index (χ1n) is 5.59. The van der Waals surface area contributed by atoms with E-state index in [0.717, 1.165) is 19.3 Å². The van der Waals surface area contributed by atoms with E-state index >= 15 is 0 Å². The van der Waals surface area contributed by atoms with Crippen molar-refractivity contribution in [1.29, 1.82) is 0 Å². The molecule has 0 aromatic carbocycles. The summed E-state index contributed by atoms with van der Waals surface area (Å²) >= 11 is 0. The van der Waals surface area contributed by atoms with Gasteiger partial charge in [0.05, 0.1) is 13.2 Å². The molecular formula is C11H19NO3. The van der Waals surface area contributed by atoms with Crippen molar-refractivity contribution in [2.45, 2.75) is 49.8 Å². The van der Waals surface area contributed by atoms with Crippen molar-refractivity contribution >= 4 is 5.97 Å². The van der Waals surface area contributed by atoms with Gasteiger partial charge in [-0.1, -0.05) is 0 Å². The predicted octanol–water partition coefficient (Wildman–Crippen LogP) is 0.849. The van der Waals surface area contributed by atoms with E-state index in [1.807, 2.05) is 0 Å². The lowest BCUT2D eigenvalue weighted by molar-refractivity contribution is -0.149. The SMILES string of the molecule is COC(=O)C1(NC2CC2)CCC(OC)C1. The molecule has 4 heteroatoms. The van der Waals surface area contributed by atoms with Gasteiger partial charge in [-0.15, -0.1) is 0 Å². The Kier molecular flexibility index (Phi) is 2.98. The van der Waals surface area contributed by atoms with Gasteiger partial charge >= 0.3 is 5.97 Å². The molecule has 0 heterocycles. The Morgan fingerprint density at radius 1 is 1.33 bits per heavy atom. The lowest BCUT2D eigenvalue weighted by Crippen LogP contribution is -2.52. The lowest BCUT2D eigenvalue weighted by Gasteiger charge is -2.27. The van der Waals surface area contributed by atoms with Gasteiger partial charge in [0.25, 0.3) is 0 Å². The van der Waals surface area contributed by atoms with Crippen LogP contribution in [-0.2, 0) is 14.3 Å². The second-order valence-electron chi connectivity index (χ2n) is 4.59. The van der Waals surface area contributed by atoms with Gasteiger partial charge < -0.3 is 9.47 Å². The van der Waals surface area contributed by atoms with Crippen LogP contribution in [0.1, 0.15) is 32.1 Å². The lowest BCUT2D eigenvalue weighted by atomic mass is 9.97. The van der Waals surface area contributed by atoms with Crippen LogP contribution in [0.4, 0.5) is 0 Å². The van der Waals surface area contributed by atoms with Crippen molar-refractivity contribution in [3.05, 3.63) is 0 Å². The zero-order chi connectivity index (χ0) is 10.9. The highest BCUT2D eigenvalue weighted by Crippen LogP contribution is 2.36. The molecule has 2 aliphatic rings. The zero-order valence-electron chi connectivity index (χ0n) is 9.41. The summed E-state index contributed by atoms with van der Waals surface area (Å²) in [4.78, 5) is 11.8. The van der Waals surface area contributed by atoms with Crippen molar-refractivity contribution in [2.75, 3.05) is 14.2 Å². The summed E-state index contributed by atoms with van der Waals surface area (Å²) in [6.45, 7) is 0. The maximum atomic E-state index is 11.8. The Balaban J connectivity index is 2.05. The maximum Gasteiger partial charge on any atom is 0.326 e. The van der Waals surface area contributed by atoms with E-state index < -0.39 is 5.54 Å². The topological polar surface area (TPSA) is 47.6 Å². The van der Waals surface area contributed by atoms with Crippen LogP contribution in [0, 0.1) is 0 Å². The minimum absolute atomic E-state index is 0.131. The van der Waals surface area contributed by atoms with Gasteiger partial charge in [0, 0.05) is 19.6 Å². The molecule has 15 heavy (non-hydrogen) atoms. The number of rotatable bonds is 4. The summed E-state index contributed by atoms with van der Waals surface area (Å²) in [5.74, 6) is -0.131.